The average molecular weight is 298 g/mol. The summed E-state index contributed by atoms with van der Waals surface area (Å²) in [6, 6.07) is -0.0761. The molecular formula is C15H26N2O4. The van der Waals surface area contributed by atoms with Crippen LogP contribution in [0.1, 0.15) is 33.1 Å². The van der Waals surface area contributed by atoms with Crippen molar-refractivity contribution in [3.05, 3.63) is 0 Å². The Morgan fingerprint density at radius 1 is 1.38 bits per heavy atom. The maximum Gasteiger partial charge on any atom is 0.317 e. The minimum Gasteiger partial charge on any atom is -0.481 e. The number of piperidine rings is 1. The number of aliphatic carboxylic acids is 1. The number of carbonyl (C=O) groups is 2. The lowest BCUT2D eigenvalue weighted by atomic mass is 9.74. The van der Waals surface area contributed by atoms with Crippen LogP contribution >= 0.6 is 0 Å². The van der Waals surface area contributed by atoms with E-state index in [0.29, 0.717) is 25.6 Å². The van der Waals surface area contributed by atoms with Gasteiger partial charge in [-0.3, -0.25) is 4.79 Å². The highest BCUT2D eigenvalue weighted by atomic mass is 16.5. The molecule has 0 bridgehead atoms. The summed E-state index contributed by atoms with van der Waals surface area (Å²) in [4.78, 5) is 25.3. The molecule has 2 amide bonds. The lowest BCUT2D eigenvalue weighted by Crippen LogP contribution is -2.50. The van der Waals surface area contributed by atoms with Gasteiger partial charge in [-0.1, -0.05) is 0 Å². The monoisotopic (exact) mass is 298 g/mol. The van der Waals surface area contributed by atoms with Crippen LogP contribution in [0.25, 0.3) is 0 Å². The summed E-state index contributed by atoms with van der Waals surface area (Å²) in [5.74, 6) is -0.382. The van der Waals surface area contributed by atoms with E-state index >= 15 is 0 Å². The van der Waals surface area contributed by atoms with Gasteiger partial charge in [-0.15, -0.1) is 0 Å². The lowest BCUT2D eigenvalue weighted by molar-refractivity contribution is -0.151. The summed E-state index contributed by atoms with van der Waals surface area (Å²) in [7, 11) is 0. The van der Waals surface area contributed by atoms with E-state index in [1.54, 1.807) is 18.7 Å². The summed E-state index contributed by atoms with van der Waals surface area (Å²) in [6.45, 7) is 6.86. The highest BCUT2D eigenvalue weighted by molar-refractivity contribution is 5.76. The van der Waals surface area contributed by atoms with Crippen molar-refractivity contribution in [2.45, 2.75) is 33.1 Å². The van der Waals surface area contributed by atoms with E-state index in [9.17, 15) is 14.7 Å². The van der Waals surface area contributed by atoms with Crippen molar-refractivity contribution in [3.63, 3.8) is 0 Å². The molecule has 0 saturated carbocycles. The molecule has 21 heavy (non-hydrogen) atoms. The van der Waals surface area contributed by atoms with Crippen LogP contribution in [0.4, 0.5) is 4.79 Å². The molecule has 2 heterocycles. The summed E-state index contributed by atoms with van der Waals surface area (Å²) in [5, 5.41) is 12.3. The van der Waals surface area contributed by atoms with Crippen LogP contribution in [0.3, 0.4) is 0 Å². The first-order chi connectivity index (χ1) is 9.91. The topological polar surface area (TPSA) is 78.9 Å². The molecule has 0 spiro atoms. The van der Waals surface area contributed by atoms with Gasteiger partial charge < -0.3 is 20.1 Å². The molecule has 2 N–H and O–H groups in total. The number of likely N-dealkylation sites (tertiary alicyclic amines) is 1. The predicted octanol–water partition coefficient (Wildman–Crippen LogP) is 1.56. The van der Waals surface area contributed by atoms with Gasteiger partial charge in [-0.2, -0.15) is 0 Å². The minimum atomic E-state index is -0.794. The van der Waals surface area contributed by atoms with E-state index in [4.69, 9.17) is 4.74 Å². The molecule has 6 heteroatoms. The number of hydrogen-bond acceptors (Lipinski definition) is 3. The lowest BCUT2D eigenvalue weighted by Gasteiger charge is -2.39. The summed E-state index contributed by atoms with van der Waals surface area (Å²) in [5.41, 5.74) is -0.793. The fourth-order valence-corrected chi connectivity index (χ4v) is 3.01. The molecule has 2 saturated heterocycles. The van der Waals surface area contributed by atoms with E-state index < -0.39 is 11.4 Å². The Hall–Kier alpha value is -1.30. The van der Waals surface area contributed by atoms with Gasteiger partial charge in [0.25, 0.3) is 0 Å². The predicted molar refractivity (Wildman–Crippen MR) is 78.0 cm³/mol. The Labute approximate surface area is 125 Å². The summed E-state index contributed by atoms with van der Waals surface area (Å²) >= 11 is 0. The number of carboxylic acids is 1. The first-order valence-corrected chi connectivity index (χ1v) is 7.75. The van der Waals surface area contributed by atoms with Crippen LogP contribution in [-0.2, 0) is 9.53 Å². The number of carbonyl (C=O) groups excluding carboxylic acids is 1. The third-order valence-corrected chi connectivity index (χ3v) is 4.85. The Kier molecular flexibility index (Phi) is 5.08. The van der Waals surface area contributed by atoms with Crippen LogP contribution < -0.4 is 5.32 Å². The van der Waals surface area contributed by atoms with Crippen LogP contribution in [0, 0.1) is 17.3 Å². The molecule has 6 nitrogen and oxygen atoms in total. The second kappa shape index (κ2) is 6.64. The third-order valence-electron chi connectivity index (χ3n) is 4.85. The van der Waals surface area contributed by atoms with E-state index in [1.165, 1.54) is 0 Å². The van der Waals surface area contributed by atoms with Gasteiger partial charge in [0, 0.05) is 32.2 Å². The van der Waals surface area contributed by atoms with Crippen molar-refractivity contribution in [1.29, 1.82) is 0 Å². The van der Waals surface area contributed by atoms with Crippen LogP contribution in [0.2, 0.25) is 0 Å². The van der Waals surface area contributed by atoms with E-state index in [-0.39, 0.29) is 11.9 Å². The molecule has 0 aromatic rings. The number of hydrogen-bond donors (Lipinski definition) is 2. The van der Waals surface area contributed by atoms with E-state index in [2.05, 4.69) is 5.32 Å². The Balaban J connectivity index is 1.85. The van der Waals surface area contributed by atoms with Crippen molar-refractivity contribution in [2.24, 2.45) is 17.3 Å². The molecule has 2 rings (SSSR count). The number of carboxylic acid groups (broad SMARTS) is 1. The number of nitrogens with zero attached hydrogens (tertiary/aromatic N) is 1. The Morgan fingerprint density at radius 2 is 2.14 bits per heavy atom. The molecule has 0 aromatic heterocycles. The fourth-order valence-electron chi connectivity index (χ4n) is 3.01. The molecule has 2 fully saturated rings. The highest BCUT2D eigenvalue weighted by Gasteiger charge is 2.40. The number of ether oxygens (including phenoxy) is 1. The van der Waals surface area contributed by atoms with Crippen molar-refractivity contribution in [1.82, 2.24) is 10.2 Å². The van der Waals surface area contributed by atoms with Crippen LogP contribution in [0.5, 0.6) is 0 Å². The number of rotatable bonds is 4. The molecule has 2 atom stereocenters. The fraction of sp³-hybridized carbons (Fsp3) is 0.867. The largest absolute Gasteiger partial charge is 0.481 e. The molecule has 0 aliphatic carbocycles. The van der Waals surface area contributed by atoms with Gasteiger partial charge in [-0.05, 0) is 39.0 Å². The van der Waals surface area contributed by atoms with Crippen LogP contribution in [-0.4, -0.2) is 54.9 Å². The van der Waals surface area contributed by atoms with Gasteiger partial charge in [0.2, 0.25) is 0 Å². The Bertz CT molecular complexity index is 391. The maximum absolute atomic E-state index is 12.2. The van der Waals surface area contributed by atoms with Gasteiger partial charge >= 0.3 is 12.0 Å². The molecular weight excluding hydrogens is 272 g/mol. The van der Waals surface area contributed by atoms with Crippen molar-refractivity contribution >= 4 is 12.0 Å². The van der Waals surface area contributed by atoms with Gasteiger partial charge in [-0.25, -0.2) is 4.79 Å². The van der Waals surface area contributed by atoms with Crippen molar-refractivity contribution in [2.75, 3.05) is 32.8 Å². The smallest absolute Gasteiger partial charge is 0.317 e. The third kappa shape index (κ3) is 3.87. The van der Waals surface area contributed by atoms with Crippen LogP contribution in [0.15, 0.2) is 0 Å². The normalized spacial score (nSPS) is 26.7. The Morgan fingerprint density at radius 3 is 2.76 bits per heavy atom. The molecule has 2 aliphatic rings. The maximum atomic E-state index is 12.2. The highest BCUT2D eigenvalue weighted by Crippen LogP contribution is 2.34. The van der Waals surface area contributed by atoms with Gasteiger partial charge in [0.05, 0.1) is 12.0 Å². The van der Waals surface area contributed by atoms with E-state index in [0.717, 1.165) is 32.5 Å². The molecule has 0 radical (unpaired) electrons. The number of urea groups is 1. The van der Waals surface area contributed by atoms with Crippen molar-refractivity contribution < 1.29 is 19.4 Å². The van der Waals surface area contributed by atoms with Crippen molar-refractivity contribution in [3.8, 4) is 0 Å². The standard InChI is InChI=1S/C15H26N2O4/c1-15(2,13(18)19)12-4-3-6-17(9-12)14(20)16-8-11-5-7-21-10-11/h11-12H,3-10H2,1-2H3,(H,16,20)(H,18,19). The second-order valence-corrected chi connectivity index (χ2v) is 6.73. The zero-order valence-corrected chi connectivity index (χ0v) is 12.9. The summed E-state index contributed by atoms with van der Waals surface area (Å²) in [6.07, 6.45) is 2.72. The number of nitrogens with one attached hydrogen (secondary N) is 1. The van der Waals surface area contributed by atoms with Gasteiger partial charge in [0.15, 0.2) is 0 Å². The zero-order valence-electron chi connectivity index (χ0n) is 12.9. The molecule has 120 valence electrons. The quantitative estimate of drug-likeness (QED) is 0.825. The zero-order chi connectivity index (χ0) is 15.5. The second-order valence-electron chi connectivity index (χ2n) is 6.73. The van der Waals surface area contributed by atoms with Gasteiger partial charge in [0.1, 0.15) is 0 Å². The number of amides is 2. The minimum absolute atomic E-state index is 0.00399. The SMILES string of the molecule is CC(C)(C(=O)O)C1CCCN(C(=O)NCC2CCOC2)C1. The first kappa shape index (κ1) is 16.1. The molecule has 2 aliphatic heterocycles. The molecule has 2 unspecified atom stereocenters. The summed E-state index contributed by atoms with van der Waals surface area (Å²) < 4.78 is 5.29. The average Bonchev–Trinajstić information content (AvgIpc) is 2.98. The molecule has 0 aromatic carbocycles. The first-order valence-electron chi connectivity index (χ1n) is 7.75. The van der Waals surface area contributed by atoms with E-state index in [1.807, 2.05) is 0 Å².